The summed E-state index contributed by atoms with van der Waals surface area (Å²) in [5, 5.41) is 12.2. The number of hydrogen-bond acceptors (Lipinski definition) is 2. The molecule has 2 fully saturated rings. The second kappa shape index (κ2) is 4.82. The van der Waals surface area contributed by atoms with E-state index in [1.54, 1.807) is 5.06 Å². The molecule has 0 saturated heterocycles. The van der Waals surface area contributed by atoms with Crippen LogP contribution < -0.4 is 5.06 Å². The summed E-state index contributed by atoms with van der Waals surface area (Å²) < 4.78 is 0. The van der Waals surface area contributed by atoms with E-state index < -0.39 is 0 Å². The molecule has 2 unspecified atom stereocenters. The Kier molecular flexibility index (Phi) is 3.30. The predicted octanol–water partition coefficient (Wildman–Crippen LogP) is 4.49. The number of para-hydroxylation sites is 1. The van der Waals surface area contributed by atoms with Crippen molar-refractivity contribution in [2.24, 2.45) is 17.8 Å². The lowest BCUT2D eigenvalue weighted by Crippen LogP contribution is -2.51. The zero-order valence-corrected chi connectivity index (χ0v) is 12.0. The highest BCUT2D eigenvalue weighted by Gasteiger charge is 2.44. The normalized spacial score (nSPS) is 37.9. The van der Waals surface area contributed by atoms with Crippen molar-refractivity contribution in [1.29, 1.82) is 0 Å². The molecule has 19 heavy (non-hydrogen) atoms. The summed E-state index contributed by atoms with van der Waals surface area (Å²) in [6, 6.07) is 9.98. The van der Waals surface area contributed by atoms with Crippen molar-refractivity contribution in [1.82, 2.24) is 0 Å². The summed E-state index contributed by atoms with van der Waals surface area (Å²) in [4.78, 5) is 0. The SMILES string of the molecule is CC1CC2CC(C1)CC(C)(N(O)c1ccccc1)C2. The first-order valence-corrected chi connectivity index (χ1v) is 7.61. The lowest BCUT2D eigenvalue weighted by Gasteiger charge is -2.50. The molecule has 1 aromatic carbocycles. The number of hydroxylamine groups is 1. The average molecular weight is 259 g/mol. The van der Waals surface area contributed by atoms with Crippen molar-refractivity contribution in [2.45, 2.75) is 51.5 Å². The quantitative estimate of drug-likeness (QED) is 0.791. The second-order valence-corrected chi connectivity index (χ2v) is 7.10. The van der Waals surface area contributed by atoms with Crippen LogP contribution >= 0.6 is 0 Å². The van der Waals surface area contributed by atoms with Gasteiger partial charge in [0.1, 0.15) is 0 Å². The van der Waals surface area contributed by atoms with Crippen LogP contribution in [-0.4, -0.2) is 10.7 Å². The molecule has 2 aliphatic carbocycles. The van der Waals surface area contributed by atoms with Crippen LogP contribution in [0, 0.1) is 17.8 Å². The smallest absolute Gasteiger partial charge is 0.0649 e. The summed E-state index contributed by atoms with van der Waals surface area (Å²) >= 11 is 0. The first-order valence-electron chi connectivity index (χ1n) is 7.61. The van der Waals surface area contributed by atoms with Crippen molar-refractivity contribution in [3.8, 4) is 0 Å². The molecular formula is C17H25NO. The van der Waals surface area contributed by atoms with Crippen molar-refractivity contribution in [3.05, 3.63) is 30.3 Å². The molecule has 0 aromatic heterocycles. The van der Waals surface area contributed by atoms with Crippen LogP contribution in [0.5, 0.6) is 0 Å². The van der Waals surface area contributed by atoms with Crippen LogP contribution in [0.3, 0.4) is 0 Å². The fourth-order valence-corrected chi connectivity index (χ4v) is 4.61. The van der Waals surface area contributed by atoms with Gasteiger partial charge in [0, 0.05) is 0 Å². The zero-order chi connectivity index (χ0) is 13.5. The molecule has 2 nitrogen and oxygen atoms in total. The van der Waals surface area contributed by atoms with E-state index in [9.17, 15) is 5.21 Å². The van der Waals surface area contributed by atoms with E-state index in [1.807, 2.05) is 30.3 Å². The Morgan fingerprint density at radius 1 is 1.05 bits per heavy atom. The van der Waals surface area contributed by atoms with E-state index in [-0.39, 0.29) is 5.54 Å². The lowest BCUT2D eigenvalue weighted by molar-refractivity contribution is 0.0386. The monoisotopic (exact) mass is 259 g/mol. The Hall–Kier alpha value is -1.02. The largest absolute Gasteiger partial charge is 0.288 e. The van der Waals surface area contributed by atoms with Gasteiger partial charge < -0.3 is 0 Å². The van der Waals surface area contributed by atoms with Crippen molar-refractivity contribution >= 4 is 5.69 Å². The molecule has 0 aliphatic heterocycles. The molecule has 0 heterocycles. The van der Waals surface area contributed by atoms with E-state index in [0.717, 1.165) is 36.3 Å². The van der Waals surface area contributed by atoms with Gasteiger partial charge in [0.2, 0.25) is 0 Å². The fourth-order valence-electron chi connectivity index (χ4n) is 4.61. The van der Waals surface area contributed by atoms with Gasteiger partial charge in [-0.15, -0.1) is 0 Å². The fraction of sp³-hybridized carbons (Fsp3) is 0.647. The number of hydrogen-bond donors (Lipinski definition) is 1. The van der Waals surface area contributed by atoms with E-state index in [1.165, 1.54) is 19.3 Å². The second-order valence-electron chi connectivity index (χ2n) is 7.10. The van der Waals surface area contributed by atoms with Crippen LogP contribution in [0.4, 0.5) is 5.69 Å². The molecule has 2 bridgehead atoms. The molecule has 2 saturated carbocycles. The van der Waals surface area contributed by atoms with E-state index in [0.29, 0.717) is 0 Å². The van der Waals surface area contributed by atoms with E-state index >= 15 is 0 Å². The summed E-state index contributed by atoms with van der Waals surface area (Å²) in [6.07, 6.45) is 6.31. The highest BCUT2D eigenvalue weighted by Crippen LogP contribution is 2.48. The molecule has 1 N–H and O–H groups in total. The molecule has 3 rings (SSSR count). The van der Waals surface area contributed by atoms with Crippen LogP contribution in [-0.2, 0) is 0 Å². The number of nitrogens with zero attached hydrogens (tertiary/aromatic N) is 1. The van der Waals surface area contributed by atoms with Crippen LogP contribution in [0.25, 0.3) is 0 Å². The van der Waals surface area contributed by atoms with Gasteiger partial charge in [-0.05, 0) is 68.9 Å². The van der Waals surface area contributed by atoms with Crippen LogP contribution in [0.1, 0.15) is 46.0 Å². The Bertz CT molecular complexity index is 412. The lowest BCUT2D eigenvalue weighted by atomic mass is 9.62. The molecule has 0 radical (unpaired) electrons. The number of benzene rings is 1. The van der Waals surface area contributed by atoms with Gasteiger partial charge in [0.25, 0.3) is 0 Å². The van der Waals surface area contributed by atoms with Gasteiger partial charge >= 0.3 is 0 Å². The standard InChI is InChI=1S/C17H25NO/c1-13-8-14-10-15(9-13)12-17(2,11-14)18(19)16-6-4-3-5-7-16/h3-7,13-15,19H,8-12H2,1-2H3. The van der Waals surface area contributed by atoms with Crippen molar-refractivity contribution in [3.63, 3.8) is 0 Å². The number of anilines is 1. The van der Waals surface area contributed by atoms with Crippen molar-refractivity contribution < 1.29 is 5.21 Å². The van der Waals surface area contributed by atoms with E-state index in [2.05, 4.69) is 13.8 Å². The first kappa shape index (κ1) is 13.0. The summed E-state index contributed by atoms with van der Waals surface area (Å²) in [5.41, 5.74) is 0.841. The minimum Gasteiger partial charge on any atom is -0.288 e. The van der Waals surface area contributed by atoms with Gasteiger partial charge in [0.15, 0.2) is 0 Å². The number of rotatable bonds is 2. The molecule has 2 heteroatoms. The molecule has 2 aliphatic rings. The summed E-state index contributed by atoms with van der Waals surface area (Å²) in [6.45, 7) is 4.62. The van der Waals surface area contributed by atoms with Gasteiger partial charge in [-0.25, -0.2) is 0 Å². The maximum absolute atomic E-state index is 10.7. The predicted molar refractivity (Wildman–Crippen MR) is 78.3 cm³/mol. The molecule has 2 atom stereocenters. The minimum absolute atomic E-state index is 0.0882. The maximum atomic E-state index is 10.7. The highest BCUT2D eigenvalue weighted by molar-refractivity contribution is 5.45. The molecule has 1 aromatic rings. The van der Waals surface area contributed by atoms with Gasteiger partial charge in [-0.2, -0.15) is 0 Å². The first-order chi connectivity index (χ1) is 9.07. The minimum atomic E-state index is -0.0882. The molecule has 104 valence electrons. The average Bonchev–Trinajstić information content (AvgIpc) is 2.37. The third-order valence-corrected chi connectivity index (χ3v) is 5.11. The topological polar surface area (TPSA) is 23.5 Å². The van der Waals surface area contributed by atoms with Crippen LogP contribution in [0.15, 0.2) is 30.3 Å². The Balaban J connectivity index is 1.80. The number of fused-ring (bicyclic) bond motifs is 2. The zero-order valence-electron chi connectivity index (χ0n) is 12.0. The van der Waals surface area contributed by atoms with Gasteiger partial charge in [-0.3, -0.25) is 10.3 Å². The molecular weight excluding hydrogens is 234 g/mol. The third-order valence-electron chi connectivity index (χ3n) is 5.11. The maximum Gasteiger partial charge on any atom is 0.0649 e. The van der Waals surface area contributed by atoms with Crippen LogP contribution in [0.2, 0.25) is 0 Å². The Morgan fingerprint density at radius 2 is 1.63 bits per heavy atom. The molecule has 0 spiro atoms. The summed E-state index contributed by atoms with van der Waals surface area (Å²) in [7, 11) is 0. The third kappa shape index (κ3) is 2.51. The Morgan fingerprint density at radius 3 is 2.21 bits per heavy atom. The summed E-state index contributed by atoms with van der Waals surface area (Å²) in [5.74, 6) is 2.47. The van der Waals surface area contributed by atoms with Gasteiger partial charge in [-0.1, -0.05) is 25.1 Å². The van der Waals surface area contributed by atoms with E-state index in [4.69, 9.17) is 0 Å². The highest BCUT2D eigenvalue weighted by atomic mass is 16.5. The van der Waals surface area contributed by atoms with Gasteiger partial charge in [0.05, 0.1) is 11.2 Å². The van der Waals surface area contributed by atoms with Crippen molar-refractivity contribution in [2.75, 3.05) is 5.06 Å². The Labute approximate surface area is 116 Å². The molecule has 0 amide bonds.